The lowest BCUT2D eigenvalue weighted by molar-refractivity contribution is -0.136. The van der Waals surface area contributed by atoms with Gasteiger partial charge in [-0.1, -0.05) is 0 Å². The fourth-order valence-electron chi connectivity index (χ4n) is 7.49. The maximum atomic E-state index is 13.9. The molecule has 0 spiro atoms. The summed E-state index contributed by atoms with van der Waals surface area (Å²) in [7, 11) is 0. The zero-order valence-corrected chi connectivity index (χ0v) is 19.0. The fourth-order valence-corrected chi connectivity index (χ4v) is 7.49. The largest absolute Gasteiger partial charge is 0.347 e. The molecule has 1 saturated heterocycles. The summed E-state index contributed by atoms with van der Waals surface area (Å²) < 4.78 is 27.4. The molecule has 1 heterocycles. The normalized spacial score (nSPS) is 31.0. The van der Waals surface area contributed by atoms with Crippen molar-refractivity contribution >= 4 is 17.6 Å². The van der Waals surface area contributed by atoms with Gasteiger partial charge in [0.15, 0.2) is 5.78 Å². The van der Waals surface area contributed by atoms with Crippen LogP contribution >= 0.6 is 0 Å². The number of piperidine rings is 1. The van der Waals surface area contributed by atoms with Crippen molar-refractivity contribution in [3.05, 3.63) is 35.4 Å². The van der Waals surface area contributed by atoms with Gasteiger partial charge in [0.2, 0.25) is 11.8 Å². The van der Waals surface area contributed by atoms with E-state index in [9.17, 15) is 23.2 Å². The maximum absolute atomic E-state index is 13.9. The maximum Gasteiger partial charge on any atom is 0.241 e. The number of hydrogen-bond acceptors (Lipinski definition) is 3. The number of benzene rings is 1. The number of hydrogen-bond donors (Lipinski definition) is 1. The summed E-state index contributed by atoms with van der Waals surface area (Å²) in [4.78, 5) is 39.6. The number of carbonyl (C=O) groups is 3. The van der Waals surface area contributed by atoms with Crippen molar-refractivity contribution in [3.63, 3.8) is 0 Å². The lowest BCUT2D eigenvalue weighted by Gasteiger charge is -2.56. The number of likely N-dealkylation sites (tertiary alicyclic amines) is 1. The van der Waals surface area contributed by atoms with E-state index in [1.165, 1.54) is 19.3 Å². The van der Waals surface area contributed by atoms with Gasteiger partial charge in [-0.3, -0.25) is 14.4 Å². The van der Waals surface area contributed by atoms with Crippen molar-refractivity contribution in [1.82, 2.24) is 10.2 Å². The van der Waals surface area contributed by atoms with Gasteiger partial charge in [0.25, 0.3) is 0 Å². The first-order chi connectivity index (χ1) is 15.8. The van der Waals surface area contributed by atoms with Gasteiger partial charge in [-0.25, -0.2) is 8.78 Å². The fraction of sp³-hybridized carbons (Fsp3) is 0.654. The number of halogens is 2. The smallest absolute Gasteiger partial charge is 0.241 e. The second-order valence-corrected chi connectivity index (χ2v) is 11.0. The summed E-state index contributed by atoms with van der Waals surface area (Å²) in [5.74, 6) is -0.0347. The molecule has 5 fully saturated rings. The standard InChI is InChI=1S/C26H32F2N2O3/c27-20-1-2-22(28)21(10-20)25(33)19-3-5-30(6-4-19)24(32)15-29-23(31)14-26-11-16-7-17(12-26)9-18(8-16)13-26/h1-2,10,16-19H,3-9,11-15H2,(H,29,31). The van der Waals surface area contributed by atoms with Gasteiger partial charge in [0.1, 0.15) is 11.6 Å². The molecule has 7 heteroatoms. The van der Waals surface area contributed by atoms with Crippen LogP contribution in [0.5, 0.6) is 0 Å². The van der Waals surface area contributed by atoms with E-state index in [0.717, 1.165) is 55.2 Å². The molecule has 2 amide bonds. The summed E-state index contributed by atoms with van der Waals surface area (Å²) in [6, 6.07) is 2.90. The van der Waals surface area contributed by atoms with Crippen molar-refractivity contribution in [1.29, 1.82) is 0 Å². The zero-order chi connectivity index (χ0) is 23.2. The van der Waals surface area contributed by atoms with Crippen LogP contribution in [0.15, 0.2) is 18.2 Å². The summed E-state index contributed by atoms with van der Waals surface area (Å²) in [5.41, 5.74) is -0.0797. The van der Waals surface area contributed by atoms with E-state index in [4.69, 9.17) is 0 Å². The first kappa shape index (κ1) is 22.5. The second-order valence-electron chi connectivity index (χ2n) is 11.0. The second kappa shape index (κ2) is 8.80. The van der Waals surface area contributed by atoms with Gasteiger partial charge in [-0.05, 0) is 92.7 Å². The van der Waals surface area contributed by atoms with Gasteiger partial charge >= 0.3 is 0 Å². The third-order valence-electron chi connectivity index (χ3n) is 8.55. The molecule has 6 rings (SSSR count). The molecule has 1 aliphatic heterocycles. The molecule has 0 atom stereocenters. The predicted octanol–water partition coefficient (Wildman–Crippen LogP) is 4.11. The Hall–Kier alpha value is -2.31. The van der Waals surface area contributed by atoms with E-state index < -0.39 is 23.3 Å². The van der Waals surface area contributed by atoms with E-state index in [-0.39, 0.29) is 29.3 Å². The first-order valence-electron chi connectivity index (χ1n) is 12.3. The number of carbonyl (C=O) groups excluding carboxylic acids is 3. The Bertz CT molecular complexity index is 920. The molecule has 5 aliphatic rings. The lowest BCUT2D eigenvalue weighted by atomic mass is 9.49. The molecule has 1 aromatic carbocycles. The SMILES string of the molecule is O=C(CC12CC3CC(CC(C3)C1)C2)NCC(=O)N1CCC(C(=O)c2cc(F)ccc2F)CC1. The molecule has 33 heavy (non-hydrogen) atoms. The zero-order valence-electron chi connectivity index (χ0n) is 19.0. The predicted molar refractivity (Wildman–Crippen MR) is 118 cm³/mol. The molecule has 0 unspecified atom stereocenters. The van der Waals surface area contributed by atoms with E-state index in [2.05, 4.69) is 5.32 Å². The Labute approximate surface area is 193 Å². The van der Waals surface area contributed by atoms with Crippen LogP contribution in [-0.4, -0.2) is 42.1 Å². The van der Waals surface area contributed by atoms with E-state index in [1.807, 2.05) is 0 Å². The average molecular weight is 459 g/mol. The van der Waals surface area contributed by atoms with Crippen molar-refractivity contribution in [2.75, 3.05) is 19.6 Å². The van der Waals surface area contributed by atoms with Crippen LogP contribution in [-0.2, 0) is 9.59 Å². The van der Waals surface area contributed by atoms with Crippen LogP contribution in [0, 0.1) is 40.7 Å². The van der Waals surface area contributed by atoms with Gasteiger partial charge in [-0.2, -0.15) is 0 Å². The van der Waals surface area contributed by atoms with Crippen LogP contribution in [0.3, 0.4) is 0 Å². The third kappa shape index (κ3) is 4.69. The molecule has 4 bridgehead atoms. The minimum atomic E-state index is -0.721. The highest BCUT2D eigenvalue weighted by atomic mass is 19.1. The quantitative estimate of drug-likeness (QED) is 0.653. The Kier molecular flexibility index (Phi) is 6.00. The lowest BCUT2D eigenvalue weighted by Crippen LogP contribution is -2.49. The average Bonchev–Trinajstić information content (AvgIpc) is 2.77. The highest BCUT2D eigenvalue weighted by Crippen LogP contribution is 2.61. The van der Waals surface area contributed by atoms with E-state index in [1.54, 1.807) is 4.90 Å². The Morgan fingerprint density at radius 1 is 0.970 bits per heavy atom. The van der Waals surface area contributed by atoms with Crippen LogP contribution in [0.25, 0.3) is 0 Å². The Morgan fingerprint density at radius 3 is 2.18 bits per heavy atom. The van der Waals surface area contributed by atoms with Crippen LogP contribution < -0.4 is 5.32 Å². The highest BCUT2D eigenvalue weighted by Gasteiger charge is 2.51. The van der Waals surface area contributed by atoms with Crippen LogP contribution in [0.2, 0.25) is 0 Å². The molecular weight excluding hydrogens is 426 g/mol. The molecule has 5 nitrogen and oxygen atoms in total. The molecular formula is C26H32F2N2O3. The van der Waals surface area contributed by atoms with Crippen molar-refractivity contribution in [2.45, 2.75) is 57.8 Å². The molecule has 4 aliphatic carbocycles. The summed E-state index contributed by atoms with van der Waals surface area (Å²) >= 11 is 0. The number of ketones is 1. The van der Waals surface area contributed by atoms with Gasteiger partial charge in [-0.15, -0.1) is 0 Å². The summed E-state index contributed by atoms with van der Waals surface area (Å²) in [6.45, 7) is 0.719. The van der Waals surface area contributed by atoms with Crippen LogP contribution in [0.1, 0.15) is 68.1 Å². The molecule has 0 aromatic heterocycles. The van der Waals surface area contributed by atoms with Gasteiger partial charge in [0, 0.05) is 25.4 Å². The minimum absolute atomic E-state index is 0.0255. The Morgan fingerprint density at radius 2 is 1.58 bits per heavy atom. The molecule has 178 valence electrons. The van der Waals surface area contributed by atoms with Crippen molar-refractivity contribution in [3.8, 4) is 0 Å². The molecule has 4 saturated carbocycles. The summed E-state index contributed by atoms with van der Waals surface area (Å²) in [5, 5.41) is 2.84. The number of amides is 2. The first-order valence-corrected chi connectivity index (χ1v) is 12.3. The van der Waals surface area contributed by atoms with Gasteiger partial charge < -0.3 is 10.2 Å². The number of nitrogens with zero attached hydrogens (tertiary/aromatic N) is 1. The van der Waals surface area contributed by atoms with Crippen molar-refractivity contribution < 1.29 is 23.2 Å². The third-order valence-corrected chi connectivity index (χ3v) is 8.55. The number of rotatable bonds is 6. The van der Waals surface area contributed by atoms with E-state index >= 15 is 0 Å². The molecule has 1 aromatic rings. The monoisotopic (exact) mass is 458 g/mol. The summed E-state index contributed by atoms with van der Waals surface area (Å²) in [6.07, 6.45) is 8.83. The highest BCUT2D eigenvalue weighted by molar-refractivity contribution is 5.98. The Balaban J connectivity index is 1.08. The molecule has 0 radical (unpaired) electrons. The van der Waals surface area contributed by atoms with E-state index in [0.29, 0.717) is 32.4 Å². The van der Waals surface area contributed by atoms with Gasteiger partial charge in [0.05, 0.1) is 12.1 Å². The topological polar surface area (TPSA) is 66.5 Å². The van der Waals surface area contributed by atoms with Crippen molar-refractivity contribution in [2.24, 2.45) is 29.1 Å². The number of Topliss-reactive ketones (excluding diaryl/α,β-unsaturated/α-hetero) is 1. The van der Waals surface area contributed by atoms with Crippen LogP contribution in [0.4, 0.5) is 8.78 Å². The minimum Gasteiger partial charge on any atom is -0.347 e. The number of nitrogens with one attached hydrogen (secondary N) is 1. The molecule has 1 N–H and O–H groups in total.